The predicted octanol–water partition coefficient (Wildman–Crippen LogP) is 9.08. The molecule has 0 aliphatic heterocycles. The lowest BCUT2D eigenvalue weighted by Crippen LogP contribution is -2.68. The average Bonchev–Trinajstić information content (AvgIpc) is 3.13. The minimum Gasteiger partial charge on any atom is -0.481 e. The smallest absolute Gasteiger partial charge is 0.305 e. The molecule has 6 nitrogen and oxygen atoms in total. The molecule has 53 heavy (non-hydrogen) atoms. The summed E-state index contributed by atoms with van der Waals surface area (Å²) in [7, 11) is -6.02. The lowest BCUT2D eigenvalue weighted by molar-refractivity contribution is -0.138. The summed E-state index contributed by atoms with van der Waals surface area (Å²) in [5, 5.41) is 11.4. The third kappa shape index (κ3) is 9.27. The van der Waals surface area contributed by atoms with E-state index in [1.807, 2.05) is 80.6 Å². The minimum absolute atomic E-state index is 0.136. The van der Waals surface area contributed by atoms with Crippen LogP contribution in [-0.2, 0) is 18.3 Å². The van der Waals surface area contributed by atoms with Crippen molar-refractivity contribution in [2.45, 2.75) is 58.1 Å². The van der Waals surface area contributed by atoms with E-state index < -0.39 is 45.1 Å². The van der Waals surface area contributed by atoms with E-state index in [-0.39, 0.29) is 36.4 Å². The van der Waals surface area contributed by atoms with Gasteiger partial charge in [-0.1, -0.05) is 150 Å². The standard InChI is InChI=1S/C43H44F2NO5PSi/c1-30(2)41-37(39(31-23-25-33(44)26-24-31)40(45)42(46-41)32-16-9-6-10-17-32)22-15-27-50-52(49)29-34(28-38(47)48)51-53(43(3,4)5,35-18-11-7-12-19-35)36-20-13-8-14-21-36/h6-14,16-21,23-26,30,34,52H,27-29H2,1-5H3,(H,47,48)/t34-/m0/s1. The third-order valence-electron chi connectivity index (χ3n) is 8.97. The molecule has 1 heterocycles. The van der Waals surface area contributed by atoms with Crippen LogP contribution in [-0.4, -0.2) is 43.2 Å². The molecule has 0 saturated carbocycles. The van der Waals surface area contributed by atoms with E-state index in [9.17, 15) is 18.9 Å². The molecule has 2 atom stereocenters. The van der Waals surface area contributed by atoms with Gasteiger partial charge in [0.25, 0.3) is 8.32 Å². The van der Waals surface area contributed by atoms with Gasteiger partial charge in [-0.3, -0.25) is 9.36 Å². The van der Waals surface area contributed by atoms with Gasteiger partial charge in [-0.05, 0) is 39.0 Å². The van der Waals surface area contributed by atoms with Gasteiger partial charge in [0.05, 0.1) is 23.8 Å². The van der Waals surface area contributed by atoms with Gasteiger partial charge in [0.2, 0.25) is 0 Å². The number of nitrogens with zero attached hydrogens (tertiary/aromatic N) is 1. The number of aliphatic carboxylic acids is 1. The Balaban J connectivity index is 1.46. The lowest BCUT2D eigenvalue weighted by Gasteiger charge is -2.45. The van der Waals surface area contributed by atoms with Crippen molar-refractivity contribution in [2.24, 2.45) is 0 Å². The quantitative estimate of drug-likeness (QED) is 0.0735. The van der Waals surface area contributed by atoms with Gasteiger partial charge in [0, 0.05) is 17.3 Å². The van der Waals surface area contributed by atoms with Gasteiger partial charge in [0.15, 0.2) is 13.8 Å². The number of carboxylic acids is 1. The van der Waals surface area contributed by atoms with E-state index >= 15 is 4.39 Å². The van der Waals surface area contributed by atoms with Crippen LogP contribution >= 0.6 is 8.03 Å². The summed E-state index contributed by atoms with van der Waals surface area (Å²) in [6.45, 7) is 9.85. The number of carbonyl (C=O) groups is 1. The van der Waals surface area contributed by atoms with Crippen LogP contribution in [0.5, 0.6) is 0 Å². The minimum atomic E-state index is -3.16. The molecule has 5 aromatic rings. The topological polar surface area (TPSA) is 85.7 Å². The highest BCUT2D eigenvalue weighted by atomic mass is 31.1. The summed E-state index contributed by atoms with van der Waals surface area (Å²) in [5.74, 6) is 3.64. The molecule has 1 aromatic heterocycles. The molecular formula is C43H44F2NO5PSi. The Hall–Kier alpha value is -4.71. The molecule has 1 unspecified atom stereocenters. The monoisotopic (exact) mass is 751 g/mol. The molecule has 274 valence electrons. The second-order valence-electron chi connectivity index (χ2n) is 14.1. The number of aromatic nitrogens is 1. The summed E-state index contributed by atoms with van der Waals surface area (Å²) < 4.78 is 56.6. The van der Waals surface area contributed by atoms with E-state index in [4.69, 9.17) is 13.9 Å². The van der Waals surface area contributed by atoms with Gasteiger partial charge in [-0.15, -0.1) is 0 Å². The van der Waals surface area contributed by atoms with Crippen molar-refractivity contribution in [2.75, 3.05) is 12.8 Å². The van der Waals surface area contributed by atoms with Crippen molar-refractivity contribution >= 4 is 32.7 Å². The van der Waals surface area contributed by atoms with Crippen LogP contribution in [0.25, 0.3) is 22.4 Å². The molecular weight excluding hydrogens is 708 g/mol. The third-order valence-corrected chi connectivity index (χ3v) is 15.3. The molecule has 0 spiro atoms. The van der Waals surface area contributed by atoms with Crippen molar-refractivity contribution in [3.05, 3.63) is 138 Å². The summed E-state index contributed by atoms with van der Waals surface area (Å²) in [5.41, 5.74) is 2.23. The first-order valence-corrected chi connectivity index (χ1v) is 20.9. The molecule has 0 bridgehead atoms. The maximum atomic E-state index is 16.4. The Morgan fingerprint density at radius 3 is 1.91 bits per heavy atom. The van der Waals surface area contributed by atoms with Crippen LogP contribution in [0.3, 0.4) is 0 Å². The summed E-state index contributed by atoms with van der Waals surface area (Å²) in [4.78, 5) is 16.9. The maximum Gasteiger partial charge on any atom is 0.305 e. The second kappa shape index (κ2) is 17.4. The molecule has 0 amide bonds. The normalized spacial score (nSPS) is 12.9. The largest absolute Gasteiger partial charge is 0.481 e. The Morgan fingerprint density at radius 1 is 0.849 bits per heavy atom. The zero-order chi connectivity index (χ0) is 38.2. The van der Waals surface area contributed by atoms with Crippen molar-refractivity contribution < 1.29 is 32.2 Å². The molecule has 0 aliphatic carbocycles. The van der Waals surface area contributed by atoms with Crippen molar-refractivity contribution in [3.63, 3.8) is 0 Å². The molecule has 5 rings (SSSR count). The highest BCUT2D eigenvalue weighted by molar-refractivity contribution is 7.39. The van der Waals surface area contributed by atoms with Crippen LogP contribution in [0.4, 0.5) is 8.78 Å². The van der Waals surface area contributed by atoms with E-state index in [0.717, 1.165) is 10.4 Å². The molecule has 0 aliphatic rings. The number of hydrogen-bond acceptors (Lipinski definition) is 5. The lowest BCUT2D eigenvalue weighted by atomic mass is 9.92. The van der Waals surface area contributed by atoms with Crippen molar-refractivity contribution in [1.82, 2.24) is 4.98 Å². The summed E-state index contributed by atoms with van der Waals surface area (Å²) >= 11 is 0. The van der Waals surface area contributed by atoms with Gasteiger partial charge in [0.1, 0.15) is 18.1 Å². The fraction of sp³-hybridized carbons (Fsp3) is 0.256. The molecule has 0 radical (unpaired) electrons. The van der Waals surface area contributed by atoms with Crippen LogP contribution in [0.15, 0.2) is 115 Å². The number of pyridine rings is 1. The highest BCUT2D eigenvalue weighted by Crippen LogP contribution is 2.40. The Bertz CT molecular complexity index is 2060. The maximum absolute atomic E-state index is 16.4. The van der Waals surface area contributed by atoms with Crippen LogP contribution in [0.1, 0.15) is 58.2 Å². The first-order chi connectivity index (χ1) is 25.3. The van der Waals surface area contributed by atoms with Gasteiger partial charge in [-0.2, -0.15) is 0 Å². The summed E-state index contributed by atoms with van der Waals surface area (Å²) in [6.07, 6.45) is -1.42. The Kier molecular flexibility index (Phi) is 13.0. The van der Waals surface area contributed by atoms with Crippen LogP contribution in [0, 0.1) is 23.5 Å². The first-order valence-electron chi connectivity index (χ1n) is 17.5. The number of carboxylic acid groups (broad SMARTS) is 1. The van der Waals surface area contributed by atoms with Crippen LogP contribution < -0.4 is 10.4 Å². The Morgan fingerprint density at radius 2 is 1.40 bits per heavy atom. The Labute approximate surface area is 312 Å². The van der Waals surface area contributed by atoms with E-state index in [0.29, 0.717) is 22.4 Å². The first kappa shape index (κ1) is 39.5. The fourth-order valence-corrected chi connectivity index (χ4v) is 12.4. The van der Waals surface area contributed by atoms with Gasteiger partial charge < -0.3 is 14.1 Å². The highest BCUT2D eigenvalue weighted by Gasteiger charge is 2.51. The fourth-order valence-electron chi connectivity index (χ4n) is 6.58. The van der Waals surface area contributed by atoms with Crippen molar-refractivity contribution in [3.8, 4) is 34.2 Å². The van der Waals surface area contributed by atoms with Crippen molar-refractivity contribution in [1.29, 1.82) is 0 Å². The molecule has 0 saturated heterocycles. The number of halogens is 2. The van der Waals surface area contributed by atoms with E-state index in [1.54, 1.807) is 24.3 Å². The summed E-state index contributed by atoms with van der Waals surface area (Å²) in [6, 6.07) is 34.2. The van der Waals surface area contributed by atoms with Gasteiger partial charge >= 0.3 is 5.97 Å². The molecule has 0 fully saturated rings. The molecule has 4 aromatic carbocycles. The number of benzene rings is 4. The average molecular weight is 752 g/mol. The SMILES string of the molecule is CC(C)c1nc(-c2ccccc2)c(F)c(-c2ccc(F)cc2)c1C#CCO[PH](=O)C[C@H](CC(=O)O)O[Si](c1ccccc1)(c1ccccc1)C(C)(C)C. The van der Waals surface area contributed by atoms with E-state index in [2.05, 4.69) is 32.6 Å². The molecule has 10 heteroatoms. The zero-order valence-corrected chi connectivity index (χ0v) is 32.5. The number of rotatable bonds is 13. The van der Waals surface area contributed by atoms with Crippen LogP contribution in [0.2, 0.25) is 5.04 Å². The molecule has 1 N–H and O–H groups in total. The van der Waals surface area contributed by atoms with E-state index in [1.165, 1.54) is 24.3 Å². The predicted molar refractivity (Wildman–Crippen MR) is 211 cm³/mol. The zero-order valence-electron chi connectivity index (χ0n) is 30.5. The second-order valence-corrected chi connectivity index (χ2v) is 19.8. The van der Waals surface area contributed by atoms with Gasteiger partial charge in [-0.25, -0.2) is 13.8 Å². The number of hydrogen-bond donors (Lipinski definition) is 1.